The Hall–Kier alpha value is -1.09. The van der Waals surface area contributed by atoms with Gasteiger partial charge in [0.05, 0.1) is 5.56 Å². The lowest BCUT2D eigenvalue weighted by Gasteiger charge is -2.23. The highest BCUT2D eigenvalue weighted by Gasteiger charge is 2.29. The van der Waals surface area contributed by atoms with Gasteiger partial charge in [0.1, 0.15) is 5.15 Å². The van der Waals surface area contributed by atoms with Gasteiger partial charge >= 0.3 is 0 Å². The first-order valence-electron chi connectivity index (χ1n) is 5.99. The number of rotatable bonds is 3. The molecule has 17 heavy (non-hydrogen) atoms. The third kappa shape index (κ3) is 2.97. The minimum Gasteiger partial charge on any atom is -0.351 e. The van der Waals surface area contributed by atoms with Gasteiger partial charge in [-0.1, -0.05) is 31.4 Å². The highest BCUT2D eigenvalue weighted by molar-refractivity contribution is 6.32. The molecule has 1 heterocycles. The van der Waals surface area contributed by atoms with E-state index in [2.05, 4.69) is 17.2 Å². The number of nitrogens with one attached hydrogen (secondary N) is 1. The Kier molecular flexibility index (Phi) is 3.67. The normalized spacial score (nSPS) is 18.0. The molecule has 1 aromatic rings. The number of aromatic nitrogens is 1. The van der Waals surface area contributed by atoms with Crippen molar-refractivity contribution in [3.63, 3.8) is 0 Å². The lowest BCUT2D eigenvalue weighted by atomic mass is 9.89. The van der Waals surface area contributed by atoms with E-state index >= 15 is 0 Å². The lowest BCUT2D eigenvalue weighted by Crippen LogP contribution is -2.34. The van der Waals surface area contributed by atoms with Gasteiger partial charge in [0.15, 0.2) is 0 Å². The van der Waals surface area contributed by atoms with Crippen molar-refractivity contribution >= 4 is 17.5 Å². The Labute approximate surface area is 107 Å². The zero-order valence-corrected chi connectivity index (χ0v) is 10.8. The van der Waals surface area contributed by atoms with E-state index in [0.29, 0.717) is 5.56 Å². The minimum atomic E-state index is -0.128. The molecule has 3 nitrogen and oxygen atoms in total. The zero-order chi connectivity index (χ0) is 12.3. The van der Waals surface area contributed by atoms with Crippen LogP contribution in [0.3, 0.4) is 0 Å². The Bertz CT molecular complexity index is 414. The molecule has 1 fully saturated rings. The Morgan fingerprint density at radius 1 is 1.53 bits per heavy atom. The molecule has 2 rings (SSSR count). The monoisotopic (exact) mass is 252 g/mol. The van der Waals surface area contributed by atoms with Crippen LogP contribution in [0.25, 0.3) is 0 Å². The Morgan fingerprint density at radius 3 is 2.88 bits per heavy atom. The number of hydrogen-bond donors (Lipinski definition) is 1. The number of amides is 1. The summed E-state index contributed by atoms with van der Waals surface area (Å²) in [5.74, 6) is -0.128. The molecule has 1 amide bonds. The molecule has 0 aliphatic heterocycles. The quantitative estimate of drug-likeness (QED) is 0.841. The molecule has 1 N–H and O–H groups in total. The van der Waals surface area contributed by atoms with Crippen LogP contribution in [0.1, 0.15) is 43.0 Å². The Balaban J connectivity index is 1.96. The first kappa shape index (κ1) is 12.4. The van der Waals surface area contributed by atoms with Gasteiger partial charge in [0.25, 0.3) is 5.91 Å². The van der Waals surface area contributed by atoms with E-state index in [1.165, 1.54) is 25.7 Å². The molecule has 0 spiro atoms. The van der Waals surface area contributed by atoms with Gasteiger partial charge < -0.3 is 5.32 Å². The number of hydrogen-bond acceptors (Lipinski definition) is 2. The summed E-state index contributed by atoms with van der Waals surface area (Å²) in [4.78, 5) is 15.8. The molecule has 1 saturated carbocycles. The number of pyridine rings is 1. The molecule has 0 unspecified atom stereocenters. The number of nitrogens with zero attached hydrogens (tertiary/aromatic N) is 1. The van der Waals surface area contributed by atoms with E-state index in [0.717, 1.165) is 6.54 Å². The third-order valence-corrected chi connectivity index (χ3v) is 3.79. The summed E-state index contributed by atoms with van der Waals surface area (Å²) in [6.45, 7) is 2.95. The van der Waals surface area contributed by atoms with E-state index in [1.807, 2.05) is 0 Å². The maximum atomic E-state index is 11.9. The molecule has 0 saturated heterocycles. The van der Waals surface area contributed by atoms with Gasteiger partial charge in [0, 0.05) is 12.7 Å². The van der Waals surface area contributed by atoms with Crippen molar-refractivity contribution in [2.45, 2.75) is 32.6 Å². The van der Waals surface area contributed by atoms with E-state index < -0.39 is 0 Å². The van der Waals surface area contributed by atoms with Crippen LogP contribution in [0.4, 0.5) is 0 Å². The predicted octanol–water partition coefficient (Wildman–Crippen LogP) is 3.05. The van der Waals surface area contributed by atoms with Crippen molar-refractivity contribution in [3.05, 3.63) is 29.0 Å². The number of carbonyl (C=O) groups excluding carboxylic acids is 1. The van der Waals surface area contributed by atoms with Crippen LogP contribution in [0.15, 0.2) is 18.3 Å². The van der Waals surface area contributed by atoms with Gasteiger partial charge in [-0.05, 0) is 30.4 Å². The van der Waals surface area contributed by atoms with Gasteiger partial charge in [0.2, 0.25) is 0 Å². The molecule has 0 atom stereocenters. The van der Waals surface area contributed by atoms with Crippen molar-refractivity contribution < 1.29 is 4.79 Å². The van der Waals surface area contributed by atoms with Gasteiger partial charge in [-0.25, -0.2) is 4.98 Å². The summed E-state index contributed by atoms with van der Waals surface area (Å²) < 4.78 is 0. The first-order valence-corrected chi connectivity index (χ1v) is 6.37. The second-order valence-electron chi connectivity index (χ2n) is 5.04. The number of carbonyl (C=O) groups is 1. The fourth-order valence-electron chi connectivity index (χ4n) is 2.35. The summed E-state index contributed by atoms with van der Waals surface area (Å²) in [5.41, 5.74) is 0.709. The van der Waals surface area contributed by atoms with Gasteiger partial charge in [-0.2, -0.15) is 0 Å². The van der Waals surface area contributed by atoms with Crippen LogP contribution in [-0.4, -0.2) is 17.4 Å². The van der Waals surface area contributed by atoms with E-state index in [-0.39, 0.29) is 16.5 Å². The molecule has 4 heteroatoms. The smallest absolute Gasteiger partial charge is 0.254 e. The minimum absolute atomic E-state index is 0.128. The van der Waals surface area contributed by atoms with Crippen LogP contribution in [0.2, 0.25) is 5.15 Å². The SMILES string of the molecule is CC1(CNC(=O)c2cccnc2Cl)CCCC1. The molecule has 92 valence electrons. The standard InChI is InChI=1S/C13H17ClN2O/c1-13(6-2-3-7-13)9-16-12(17)10-5-4-8-15-11(10)14/h4-5,8H,2-3,6-7,9H2,1H3,(H,16,17). The molecular formula is C13H17ClN2O. The van der Waals surface area contributed by atoms with Crippen LogP contribution >= 0.6 is 11.6 Å². The van der Waals surface area contributed by atoms with Crippen LogP contribution in [0, 0.1) is 5.41 Å². The topological polar surface area (TPSA) is 42.0 Å². The summed E-state index contributed by atoms with van der Waals surface area (Å²) in [5, 5.41) is 3.22. The van der Waals surface area contributed by atoms with Crippen LogP contribution < -0.4 is 5.32 Å². The average molecular weight is 253 g/mol. The summed E-state index contributed by atoms with van der Waals surface area (Å²) >= 11 is 5.88. The van der Waals surface area contributed by atoms with Crippen LogP contribution in [-0.2, 0) is 0 Å². The number of halogens is 1. The fraction of sp³-hybridized carbons (Fsp3) is 0.538. The molecule has 0 radical (unpaired) electrons. The summed E-state index contributed by atoms with van der Waals surface area (Å²) in [6.07, 6.45) is 6.49. The molecule has 0 aromatic carbocycles. The largest absolute Gasteiger partial charge is 0.351 e. The molecule has 1 aliphatic carbocycles. The molecule has 0 bridgehead atoms. The van der Waals surface area contributed by atoms with Crippen molar-refractivity contribution in [2.24, 2.45) is 5.41 Å². The fourth-order valence-corrected chi connectivity index (χ4v) is 2.55. The maximum Gasteiger partial charge on any atom is 0.254 e. The maximum absolute atomic E-state index is 11.9. The Morgan fingerprint density at radius 2 is 2.24 bits per heavy atom. The third-order valence-electron chi connectivity index (χ3n) is 3.49. The lowest BCUT2D eigenvalue weighted by molar-refractivity contribution is 0.0934. The highest BCUT2D eigenvalue weighted by atomic mass is 35.5. The highest BCUT2D eigenvalue weighted by Crippen LogP contribution is 2.36. The van der Waals surface area contributed by atoms with Crippen molar-refractivity contribution in [1.82, 2.24) is 10.3 Å². The summed E-state index contributed by atoms with van der Waals surface area (Å²) in [7, 11) is 0. The first-order chi connectivity index (χ1) is 8.11. The predicted molar refractivity (Wildman–Crippen MR) is 68.2 cm³/mol. The zero-order valence-electron chi connectivity index (χ0n) is 10.0. The second kappa shape index (κ2) is 5.05. The average Bonchev–Trinajstić information content (AvgIpc) is 2.74. The van der Waals surface area contributed by atoms with E-state index in [1.54, 1.807) is 18.3 Å². The summed E-state index contributed by atoms with van der Waals surface area (Å²) in [6, 6.07) is 3.42. The van der Waals surface area contributed by atoms with E-state index in [4.69, 9.17) is 11.6 Å². The molecule has 1 aliphatic rings. The molecular weight excluding hydrogens is 236 g/mol. The van der Waals surface area contributed by atoms with Gasteiger partial charge in [-0.15, -0.1) is 0 Å². The second-order valence-corrected chi connectivity index (χ2v) is 5.40. The van der Waals surface area contributed by atoms with Crippen molar-refractivity contribution in [1.29, 1.82) is 0 Å². The van der Waals surface area contributed by atoms with E-state index in [9.17, 15) is 4.79 Å². The van der Waals surface area contributed by atoms with Gasteiger partial charge in [-0.3, -0.25) is 4.79 Å². The molecule has 1 aromatic heterocycles. The van der Waals surface area contributed by atoms with Crippen molar-refractivity contribution in [3.8, 4) is 0 Å². The van der Waals surface area contributed by atoms with Crippen molar-refractivity contribution in [2.75, 3.05) is 6.54 Å². The van der Waals surface area contributed by atoms with Crippen LogP contribution in [0.5, 0.6) is 0 Å².